The van der Waals surface area contributed by atoms with Crippen LogP contribution < -0.4 is 5.32 Å². The van der Waals surface area contributed by atoms with Crippen LogP contribution in [0.15, 0.2) is 42.4 Å². The van der Waals surface area contributed by atoms with Crippen LogP contribution in [0.2, 0.25) is 0 Å². The zero-order chi connectivity index (χ0) is 12.8. The third kappa shape index (κ3) is 3.48. The highest BCUT2D eigenvalue weighted by atomic mass is 16.6. The predicted octanol–water partition coefficient (Wildman–Crippen LogP) is 1.60. The third-order valence-corrected chi connectivity index (χ3v) is 2.99. The number of hydrogen-bond donors (Lipinski definition) is 1. The Bertz CT molecular complexity index is 431. The van der Waals surface area contributed by atoms with Gasteiger partial charge in [0.2, 0.25) is 0 Å². The molecular formula is C13H17N3O2. The van der Waals surface area contributed by atoms with E-state index in [1.807, 2.05) is 23.1 Å². The molecule has 2 rings (SSSR count). The number of nitrogens with one attached hydrogen (secondary N) is 1. The molecule has 0 aromatic heterocycles. The molecule has 1 aliphatic rings. The van der Waals surface area contributed by atoms with Crippen molar-refractivity contribution in [1.82, 2.24) is 10.2 Å². The van der Waals surface area contributed by atoms with Gasteiger partial charge < -0.3 is 10.2 Å². The smallest absolute Gasteiger partial charge is 0.274 e. The minimum absolute atomic E-state index is 0.400. The summed E-state index contributed by atoms with van der Waals surface area (Å²) in [5.41, 5.74) is 1.25. The Hall–Kier alpha value is -2.04. The summed E-state index contributed by atoms with van der Waals surface area (Å²) in [6.07, 6.45) is 2.98. The maximum Gasteiger partial charge on any atom is 0.274 e. The molecule has 1 heterocycles. The van der Waals surface area contributed by atoms with E-state index in [1.165, 1.54) is 5.56 Å². The van der Waals surface area contributed by atoms with Crippen molar-refractivity contribution in [3.05, 3.63) is 58.0 Å². The van der Waals surface area contributed by atoms with Gasteiger partial charge in [-0.2, -0.15) is 0 Å². The Kier molecular flexibility index (Phi) is 4.17. The molecule has 0 atom stereocenters. The van der Waals surface area contributed by atoms with E-state index in [1.54, 1.807) is 0 Å². The van der Waals surface area contributed by atoms with E-state index in [9.17, 15) is 10.1 Å². The van der Waals surface area contributed by atoms with Crippen LogP contribution in [-0.4, -0.2) is 29.5 Å². The molecular weight excluding hydrogens is 230 g/mol. The molecule has 96 valence electrons. The molecule has 0 saturated carbocycles. The zero-order valence-electron chi connectivity index (χ0n) is 10.2. The van der Waals surface area contributed by atoms with Crippen LogP contribution in [0.25, 0.3) is 0 Å². The summed E-state index contributed by atoms with van der Waals surface area (Å²) in [4.78, 5) is 12.2. The highest BCUT2D eigenvalue weighted by Crippen LogP contribution is 2.10. The van der Waals surface area contributed by atoms with Crippen LogP contribution in [0.4, 0.5) is 0 Å². The van der Waals surface area contributed by atoms with Crippen molar-refractivity contribution in [3.63, 3.8) is 0 Å². The second-order valence-corrected chi connectivity index (χ2v) is 4.30. The second-order valence-electron chi connectivity index (χ2n) is 4.30. The van der Waals surface area contributed by atoms with E-state index in [-0.39, 0.29) is 0 Å². The number of benzene rings is 1. The van der Waals surface area contributed by atoms with Crippen molar-refractivity contribution >= 4 is 0 Å². The van der Waals surface area contributed by atoms with E-state index in [2.05, 4.69) is 17.4 Å². The Morgan fingerprint density at radius 2 is 2.17 bits per heavy atom. The van der Waals surface area contributed by atoms with Crippen LogP contribution in [-0.2, 0) is 6.42 Å². The largest absolute Gasteiger partial charge is 0.367 e. The summed E-state index contributed by atoms with van der Waals surface area (Å²) in [5.74, 6) is 0.627. The summed E-state index contributed by atoms with van der Waals surface area (Å²) in [6.45, 7) is 2.48. The number of nitro groups is 1. The molecule has 0 spiro atoms. The van der Waals surface area contributed by atoms with E-state index < -0.39 is 4.92 Å². The fourth-order valence-electron chi connectivity index (χ4n) is 2.09. The lowest BCUT2D eigenvalue weighted by atomic mass is 10.1. The second kappa shape index (κ2) is 6.05. The lowest BCUT2D eigenvalue weighted by Crippen LogP contribution is -2.40. The quantitative estimate of drug-likeness (QED) is 0.648. The van der Waals surface area contributed by atoms with E-state index in [0.717, 1.165) is 38.7 Å². The highest BCUT2D eigenvalue weighted by molar-refractivity contribution is 5.15. The average molecular weight is 247 g/mol. The number of rotatable bonds is 4. The summed E-state index contributed by atoms with van der Waals surface area (Å²) in [7, 11) is 0. The molecule has 18 heavy (non-hydrogen) atoms. The van der Waals surface area contributed by atoms with Gasteiger partial charge in [0.15, 0.2) is 5.82 Å². The molecule has 1 aliphatic heterocycles. The molecule has 0 radical (unpaired) electrons. The van der Waals surface area contributed by atoms with Crippen LogP contribution in [0.5, 0.6) is 0 Å². The van der Waals surface area contributed by atoms with Crippen LogP contribution in [0, 0.1) is 10.1 Å². The molecule has 5 nitrogen and oxygen atoms in total. The van der Waals surface area contributed by atoms with E-state index >= 15 is 0 Å². The first-order chi connectivity index (χ1) is 8.75. The van der Waals surface area contributed by atoms with Crippen molar-refractivity contribution in [1.29, 1.82) is 0 Å². The minimum Gasteiger partial charge on any atom is -0.367 e. The van der Waals surface area contributed by atoms with Gasteiger partial charge in [0, 0.05) is 19.6 Å². The molecule has 5 heteroatoms. The van der Waals surface area contributed by atoms with Gasteiger partial charge in [0.25, 0.3) is 6.20 Å². The van der Waals surface area contributed by atoms with E-state index in [4.69, 9.17) is 0 Å². The molecule has 0 amide bonds. The average Bonchev–Trinajstić information content (AvgIpc) is 2.38. The van der Waals surface area contributed by atoms with Crippen molar-refractivity contribution in [2.24, 2.45) is 0 Å². The highest BCUT2D eigenvalue weighted by Gasteiger charge is 2.16. The summed E-state index contributed by atoms with van der Waals surface area (Å²) < 4.78 is 0. The minimum atomic E-state index is -0.400. The summed E-state index contributed by atoms with van der Waals surface area (Å²) in [5, 5.41) is 13.6. The monoisotopic (exact) mass is 247 g/mol. The SMILES string of the molecule is O=[N+]([O-])/C=C1/NCCCN1CCc1ccccc1. The van der Waals surface area contributed by atoms with Crippen LogP contribution in [0.1, 0.15) is 12.0 Å². The molecule has 1 N–H and O–H groups in total. The Labute approximate surface area is 106 Å². The van der Waals surface area contributed by atoms with Crippen LogP contribution in [0.3, 0.4) is 0 Å². The molecule has 1 fully saturated rings. The molecule has 0 aliphatic carbocycles. The topological polar surface area (TPSA) is 58.4 Å². The summed E-state index contributed by atoms with van der Waals surface area (Å²) >= 11 is 0. The van der Waals surface area contributed by atoms with Gasteiger partial charge >= 0.3 is 0 Å². The lowest BCUT2D eigenvalue weighted by molar-refractivity contribution is -0.404. The van der Waals surface area contributed by atoms with Gasteiger partial charge in [-0.05, 0) is 18.4 Å². The van der Waals surface area contributed by atoms with Gasteiger partial charge in [0.1, 0.15) is 0 Å². The van der Waals surface area contributed by atoms with Gasteiger partial charge in [-0.3, -0.25) is 10.1 Å². The van der Waals surface area contributed by atoms with Crippen LogP contribution >= 0.6 is 0 Å². The van der Waals surface area contributed by atoms with Gasteiger partial charge in [-0.25, -0.2) is 0 Å². The predicted molar refractivity (Wildman–Crippen MR) is 69.4 cm³/mol. The Balaban J connectivity index is 1.96. The Morgan fingerprint density at radius 3 is 2.89 bits per heavy atom. The lowest BCUT2D eigenvalue weighted by Gasteiger charge is -2.30. The first kappa shape index (κ1) is 12.4. The van der Waals surface area contributed by atoms with Gasteiger partial charge in [-0.1, -0.05) is 30.3 Å². The maximum absolute atomic E-state index is 10.5. The molecule has 1 aromatic rings. The first-order valence-corrected chi connectivity index (χ1v) is 6.14. The Morgan fingerprint density at radius 1 is 1.39 bits per heavy atom. The normalized spacial score (nSPS) is 17.6. The van der Waals surface area contributed by atoms with Crippen molar-refractivity contribution < 1.29 is 4.92 Å². The standard InChI is InChI=1S/C13H17N3O2/c17-16(18)11-13-14-8-4-9-15(13)10-7-12-5-2-1-3-6-12/h1-3,5-6,11,14H,4,7-10H2/b13-11-. The number of hydrogen-bond acceptors (Lipinski definition) is 4. The fourth-order valence-corrected chi connectivity index (χ4v) is 2.09. The molecule has 1 aromatic carbocycles. The molecule has 1 saturated heterocycles. The summed E-state index contributed by atoms with van der Waals surface area (Å²) in [6, 6.07) is 10.2. The zero-order valence-corrected chi connectivity index (χ0v) is 10.2. The van der Waals surface area contributed by atoms with Crippen molar-refractivity contribution in [2.45, 2.75) is 12.8 Å². The van der Waals surface area contributed by atoms with E-state index in [0.29, 0.717) is 5.82 Å². The van der Waals surface area contributed by atoms with Gasteiger partial charge in [0.05, 0.1) is 4.92 Å². The third-order valence-electron chi connectivity index (χ3n) is 2.99. The fraction of sp³-hybridized carbons (Fsp3) is 0.385. The first-order valence-electron chi connectivity index (χ1n) is 6.14. The van der Waals surface area contributed by atoms with Crippen molar-refractivity contribution in [3.8, 4) is 0 Å². The van der Waals surface area contributed by atoms with Crippen molar-refractivity contribution in [2.75, 3.05) is 19.6 Å². The maximum atomic E-state index is 10.5. The molecule has 0 unspecified atom stereocenters. The number of nitrogens with zero attached hydrogens (tertiary/aromatic N) is 2. The molecule has 0 bridgehead atoms. The van der Waals surface area contributed by atoms with Gasteiger partial charge in [-0.15, -0.1) is 0 Å².